The average molecular weight is 368 g/mol. The van der Waals surface area contributed by atoms with E-state index in [1.165, 1.54) is 7.11 Å². The van der Waals surface area contributed by atoms with Gasteiger partial charge in [0.2, 0.25) is 0 Å². The normalized spacial score (nSPS) is 12.4. The molecule has 5 heteroatoms. The third kappa shape index (κ3) is 5.00. The molecule has 0 heterocycles. The van der Waals surface area contributed by atoms with Crippen molar-refractivity contribution >= 4 is 31.3 Å². The number of nitrogens with zero attached hydrogens (tertiary/aromatic N) is 1. The van der Waals surface area contributed by atoms with Gasteiger partial charge in [-0.15, -0.1) is 0 Å². The Kier molecular flexibility index (Phi) is 6.85. The first-order valence-electron chi connectivity index (χ1n) is 7.03. The first kappa shape index (κ1) is 18.5. The van der Waals surface area contributed by atoms with Crippen molar-refractivity contribution < 1.29 is 14.3 Å². The van der Waals surface area contributed by atoms with Crippen LogP contribution in [0.2, 0.25) is 4.82 Å². The van der Waals surface area contributed by atoms with Crippen molar-refractivity contribution in [1.82, 2.24) is 4.90 Å². The molecule has 0 fully saturated rings. The Morgan fingerprint density at radius 1 is 1.32 bits per heavy atom. The maximum absolute atomic E-state index is 12.9. The van der Waals surface area contributed by atoms with Crippen LogP contribution in [0.25, 0.3) is 0 Å². The Morgan fingerprint density at radius 2 is 1.91 bits per heavy atom. The molecule has 0 aliphatic rings. The molecular formula is C17H23NO3Se. The monoisotopic (exact) mass is 369 g/mol. The predicted molar refractivity (Wildman–Crippen MR) is 89.3 cm³/mol. The Bertz CT molecular complexity index is 522. The fourth-order valence-electron chi connectivity index (χ4n) is 1.91. The molecule has 120 valence electrons. The van der Waals surface area contributed by atoms with E-state index in [0.717, 1.165) is 4.46 Å². The predicted octanol–water partition coefficient (Wildman–Crippen LogP) is 1.79. The molecule has 0 aromatic heterocycles. The zero-order valence-corrected chi connectivity index (χ0v) is 15.2. The van der Waals surface area contributed by atoms with Gasteiger partial charge in [0, 0.05) is 0 Å². The molecular weight excluding hydrogens is 345 g/mol. The van der Waals surface area contributed by atoms with E-state index in [1.807, 2.05) is 51.1 Å². The van der Waals surface area contributed by atoms with Crippen LogP contribution in [0.1, 0.15) is 20.8 Å². The number of carbonyl (C=O) groups is 2. The van der Waals surface area contributed by atoms with Crippen molar-refractivity contribution in [2.45, 2.75) is 31.1 Å². The second-order valence-electron chi connectivity index (χ2n) is 5.74. The van der Waals surface area contributed by atoms with Crippen LogP contribution in [0.4, 0.5) is 0 Å². The van der Waals surface area contributed by atoms with E-state index in [2.05, 4.69) is 6.58 Å². The Balaban J connectivity index is 3.07. The summed E-state index contributed by atoms with van der Waals surface area (Å²) >= 11 is -0.323. The van der Waals surface area contributed by atoms with Crippen molar-refractivity contribution in [3.63, 3.8) is 0 Å². The molecule has 1 atom stereocenters. The fourth-order valence-corrected chi connectivity index (χ4v) is 4.02. The number of esters is 1. The van der Waals surface area contributed by atoms with Gasteiger partial charge in [0.25, 0.3) is 0 Å². The van der Waals surface area contributed by atoms with Crippen LogP contribution in [0, 0.1) is 0 Å². The molecule has 1 amide bonds. The number of amides is 1. The third-order valence-electron chi connectivity index (χ3n) is 3.02. The summed E-state index contributed by atoms with van der Waals surface area (Å²) in [7, 11) is 1.32. The van der Waals surface area contributed by atoms with Gasteiger partial charge in [0.15, 0.2) is 0 Å². The van der Waals surface area contributed by atoms with Crippen LogP contribution < -0.4 is 4.46 Å². The van der Waals surface area contributed by atoms with E-state index < -0.39 is 10.8 Å². The van der Waals surface area contributed by atoms with Gasteiger partial charge in [-0.3, -0.25) is 0 Å². The number of methoxy groups -OCH3 is 1. The van der Waals surface area contributed by atoms with Gasteiger partial charge in [-0.25, -0.2) is 0 Å². The molecule has 22 heavy (non-hydrogen) atoms. The quantitative estimate of drug-likeness (QED) is 0.333. The first-order chi connectivity index (χ1) is 10.3. The standard InChI is InChI=1S/C17H23NO3Se/c1-6-12-18(17(2,3)4)15(19)14(16(20)21-5)22-13-10-8-7-9-11-13/h6-11,14H,1,12H2,2-5H3. The van der Waals surface area contributed by atoms with Crippen LogP contribution in [0.5, 0.6) is 0 Å². The van der Waals surface area contributed by atoms with Crippen LogP contribution in [-0.4, -0.2) is 50.9 Å². The number of ether oxygens (including phenoxy) is 1. The SMILES string of the molecule is C=CCN(C(=O)C([Se]c1ccccc1)C(=O)OC)C(C)(C)C. The summed E-state index contributed by atoms with van der Waals surface area (Å²) in [5, 5.41) is 0. The number of carbonyl (C=O) groups excluding carboxylic acids is 2. The molecule has 0 saturated heterocycles. The molecule has 0 N–H and O–H groups in total. The molecule has 1 unspecified atom stereocenters. The summed E-state index contributed by atoms with van der Waals surface area (Å²) in [6, 6.07) is 9.58. The summed E-state index contributed by atoms with van der Waals surface area (Å²) in [4.78, 5) is 25.9. The van der Waals surface area contributed by atoms with E-state index >= 15 is 0 Å². The summed E-state index contributed by atoms with van der Waals surface area (Å²) in [5.41, 5.74) is -0.385. The third-order valence-corrected chi connectivity index (χ3v) is 5.49. The molecule has 0 saturated carbocycles. The van der Waals surface area contributed by atoms with E-state index in [1.54, 1.807) is 11.0 Å². The maximum atomic E-state index is 12.9. The van der Waals surface area contributed by atoms with Crippen LogP contribution in [0.3, 0.4) is 0 Å². The van der Waals surface area contributed by atoms with Gasteiger partial charge in [-0.05, 0) is 0 Å². The Morgan fingerprint density at radius 3 is 2.36 bits per heavy atom. The van der Waals surface area contributed by atoms with E-state index in [4.69, 9.17) is 4.74 Å². The fraction of sp³-hybridized carbons (Fsp3) is 0.412. The van der Waals surface area contributed by atoms with Gasteiger partial charge in [0.05, 0.1) is 0 Å². The minimum atomic E-state index is -0.779. The minimum absolute atomic E-state index is 0.205. The summed E-state index contributed by atoms with van der Waals surface area (Å²) < 4.78 is 5.84. The molecule has 0 aliphatic carbocycles. The number of hydrogen-bond acceptors (Lipinski definition) is 3. The van der Waals surface area contributed by atoms with Crippen LogP contribution in [0.15, 0.2) is 43.0 Å². The van der Waals surface area contributed by atoms with Crippen molar-refractivity contribution in [3.8, 4) is 0 Å². The van der Waals surface area contributed by atoms with Gasteiger partial charge < -0.3 is 0 Å². The number of rotatable bonds is 6. The number of benzene rings is 1. The van der Waals surface area contributed by atoms with E-state index in [0.29, 0.717) is 6.54 Å². The number of hydrogen-bond donors (Lipinski definition) is 0. The van der Waals surface area contributed by atoms with Crippen molar-refractivity contribution in [1.29, 1.82) is 0 Å². The summed E-state index contributed by atoms with van der Waals surface area (Å²) in [6.07, 6.45) is 1.67. The van der Waals surface area contributed by atoms with Crippen molar-refractivity contribution in [2.75, 3.05) is 13.7 Å². The molecule has 0 spiro atoms. The van der Waals surface area contributed by atoms with E-state index in [9.17, 15) is 9.59 Å². The molecule has 1 aromatic rings. The molecule has 1 rings (SSSR count). The molecule has 1 aromatic carbocycles. The second kappa shape index (κ2) is 8.16. The van der Waals surface area contributed by atoms with Crippen LogP contribution in [-0.2, 0) is 14.3 Å². The second-order valence-corrected chi connectivity index (χ2v) is 8.22. The Hall–Kier alpha value is -1.58. The van der Waals surface area contributed by atoms with Gasteiger partial charge in [0.1, 0.15) is 0 Å². The zero-order valence-electron chi connectivity index (χ0n) is 13.5. The first-order valence-corrected chi connectivity index (χ1v) is 8.87. The van der Waals surface area contributed by atoms with Gasteiger partial charge in [-0.1, -0.05) is 0 Å². The van der Waals surface area contributed by atoms with E-state index in [-0.39, 0.29) is 26.4 Å². The molecule has 0 radical (unpaired) electrons. The summed E-state index contributed by atoms with van der Waals surface area (Å²) in [6.45, 7) is 9.93. The van der Waals surface area contributed by atoms with Gasteiger partial charge >= 0.3 is 138 Å². The summed E-state index contributed by atoms with van der Waals surface area (Å²) in [5.74, 6) is -0.685. The molecule has 0 bridgehead atoms. The van der Waals surface area contributed by atoms with Crippen molar-refractivity contribution in [2.24, 2.45) is 0 Å². The van der Waals surface area contributed by atoms with Crippen LogP contribution >= 0.6 is 0 Å². The topological polar surface area (TPSA) is 46.6 Å². The van der Waals surface area contributed by atoms with Crippen molar-refractivity contribution in [3.05, 3.63) is 43.0 Å². The zero-order chi connectivity index (χ0) is 16.8. The van der Waals surface area contributed by atoms with Gasteiger partial charge in [-0.2, -0.15) is 0 Å². The molecule has 4 nitrogen and oxygen atoms in total. The average Bonchev–Trinajstić information content (AvgIpc) is 2.48. The molecule has 0 aliphatic heterocycles. The Labute approximate surface area is 138 Å².